The average Bonchev–Trinajstić information content (AvgIpc) is 2.64. The molecule has 0 aliphatic carbocycles. The van der Waals surface area contributed by atoms with Crippen molar-refractivity contribution in [1.29, 1.82) is 0 Å². The second kappa shape index (κ2) is 5.05. The lowest BCUT2D eigenvalue weighted by Crippen LogP contribution is -2.31. The number of carbonyl (C=O) groups is 1. The van der Waals surface area contributed by atoms with Crippen molar-refractivity contribution < 1.29 is 9.72 Å². The van der Waals surface area contributed by atoms with Crippen molar-refractivity contribution in [1.82, 2.24) is 5.43 Å². The second-order valence-corrected chi connectivity index (χ2v) is 5.48. The van der Waals surface area contributed by atoms with Crippen LogP contribution < -0.4 is 5.43 Å². The van der Waals surface area contributed by atoms with E-state index in [0.29, 0.717) is 4.88 Å². The van der Waals surface area contributed by atoms with Crippen LogP contribution in [0.5, 0.6) is 0 Å². The molecule has 0 spiro atoms. The number of carbonyl (C=O) groups excluding carboxylic acids is 1. The summed E-state index contributed by atoms with van der Waals surface area (Å²) in [6.07, 6.45) is 1.39. The zero-order valence-corrected chi connectivity index (χ0v) is 10.6. The Kier molecular flexibility index (Phi) is 3.95. The van der Waals surface area contributed by atoms with Gasteiger partial charge in [0.15, 0.2) is 0 Å². The Morgan fingerprint density at radius 2 is 2.18 bits per heavy atom. The Balaban J connectivity index is 2.60. The van der Waals surface area contributed by atoms with Gasteiger partial charge in [-0.05, 0) is 6.07 Å². The Bertz CT molecular complexity index is 460. The summed E-state index contributed by atoms with van der Waals surface area (Å²) in [5.74, 6) is -0.209. The van der Waals surface area contributed by atoms with Gasteiger partial charge >= 0.3 is 5.00 Å². The summed E-state index contributed by atoms with van der Waals surface area (Å²) in [5, 5.41) is 14.2. The molecule has 1 rings (SSSR count). The maximum Gasteiger partial charge on any atom is 0.324 e. The molecule has 92 valence electrons. The summed E-state index contributed by atoms with van der Waals surface area (Å²) in [5.41, 5.74) is 1.86. The molecule has 1 N–H and O–H groups in total. The van der Waals surface area contributed by atoms with E-state index in [1.54, 1.807) is 26.8 Å². The van der Waals surface area contributed by atoms with Gasteiger partial charge in [0.25, 0.3) is 0 Å². The van der Waals surface area contributed by atoms with E-state index in [1.165, 1.54) is 12.3 Å². The van der Waals surface area contributed by atoms with Crippen LogP contribution in [0.3, 0.4) is 0 Å². The van der Waals surface area contributed by atoms with E-state index < -0.39 is 10.3 Å². The number of hydrogen-bond acceptors (Lipinski definition) is 5. The van der Waals surface area contributed by atoms with Gasteiger partial charge in [-0.3, -0.25) is 14.9 Å². The number of hydrogen-bond donors (Lipinski definition) is 1. The van der Waals surface area contributed by atoms with Crippen molar-refractivity contribution >= 4 is 28.5 Å². The monoisotopic (exact) mass is 255 g/mol. The standard InChI is InChI=1S/C10H13N3O3S/c1-10(2,3)9(14)12-11-6-7-4-5-8(17-7)13(15)16/h4-6H,1-3H3,(H,12,14)/b11-6+. The van der Waals surface area contributed by atoms with Gasteiger partial charge in [-0.1, -0.05) is 32.1 Å². The largest absolute Gasteiger partial charge is 0.324 e. The molecule has 0 atom stereocenters. The quantitative estimate of drug-likeness (QED) is 0.510. The van der Waals surface area contributed by atoms with Gasteiger partial charge in [-0.15, -0.1) is 0 Å². The molecule has 0 unspecified atom stereocenters. The lowest BCUT2D eigenvalue weighted by Gasteiger charge is -2.14. The fourth-order valence-electron chi connectivity index (χ4n) is 0.832. The molecule has 0 saturated carbocycles. The van der Waals surface area contributed by atoms with Crippen LogP contribution in [0, 0.1) is 15.5 Å². The Morgan fingerprint density at radius 3 is 2.65 bits per heavy atom. The number of thiophene rings is 1. The zero-order valence-electron chi connectivity index (χ0n) is 9.76. The van der Waals surface area contributed by atoms with E-state index >= 15 is 0 Å². The smallest absolute Gasteiger partial charge is 0.273 e. The molecule has 0 bridgehead atoms. The van der Waals surface area contributed by atoms with Gasteiger partial charge in [0.1, 0.15) is 0 Å². The van der Waals surface area contributed by atoms with Crippen LogP contribution in [0.25, 0.3) is 0 Å². The summed E-state index contributed by atoms with van der Waals surface area (Å²) in [4.78, 5) is 22.0. The van der Waals surface area contributed by atoms with Crippen LogP contribution in [-0.4, -0.2) is 17.0 Å². The Morgan fingerprint density at radius 1 is 1.53 bits per heavy atom. The van der Waals surface area contributed by atoms with E-state index in [2.05, 4.69) is 10.5 Å². The fraction of sp³-hybridized carbons (Fsp3) is 0.400. The predicted molar refractivity (Wildman–Crippen MR) is 66.2 cm³/mol. The highest BCUT2D eigenvalue weighted by atomic mass is 32.1. The van der Waals surface area contributed by atoms with Gasteiger partial charge in [-0.25, -0.2) is 5.43 Å². The van der Waals surface area contributed by atoms with E-state index in [0.717, 1.165) is 11.3 Å². The second-order valence-electron chi connectivity index (χ2n) is 4.38. The first-order valence-electron chi connectivity index (χ1n) is 4.88. The zero-order chi connectivity index (χ0) is 13.1. The van der Waals surface area contributed by atoms with Crippen LogP contribution in [0.15, 0.2) is 17.2 Å². The molecule has 0 aromatic carbocycles. The molecule has 1 heterocycles. The van der Waals surface area contributed by atoms with Crippen molar-refractivity contribution in [3.63, 3.8) is 0 Å². The molecule has 0 radical (unpaired) electrons. The molecular formula is C10H13N3O3S. The fourth-order valence-corrected chi connectivity index (χ4v) is 1.53. The molecule has 6 nitrogen and oxygen atoms in total. The first kappa shape index (κ1) is 13.3. The highest BCUT2D eigenvalue weighted by molar-refractivity contribution is 7.16. The maximum atomic E-state index is 11.4. The molecular weight excluding hydrogens is 242 g/mol. The van der Waals surface area contributed by atoms with Gasteiger partial charge in [0.05, 0.1) is 16.0 Å². The lowest BCUT2D eigenvalue weighted by atomic mass is 9.96. The van der Waals surface area contributed by atoms with E-state index in [1.807, 2.05) is 0 Å². The summed E-state index contributed by atoms with van der Waals surface area (Å²) in [6, 6.07) is 2.98. The summed E-state index contributed by atoms with van der Waals surface area (Å²) >= 11 is 1.00. The molecule has 0 fully saturated rings. The highest BCUT2D eigenvalue weighted by Gasteiger charge is 2.20. The third-order valence-electron chi connectivity index (χ3n) is 1.83. The molecule has 0 saturated heterocycles. The predicted octanol–water partition coefficient (Wildman–Crippen LogP) is 2.15. The van der Waals surface area contributed by atoms with E-state index in [-0.39, 0.29) is 10.9 Å². The molecule has 7 heteroatoms. The first-order valence-corrected chi connectivity index (χ1v) is 5.70. The van der Waals surface area contributed by atoms with Crippen molar-refractivity contribution in [3.8, 4) is 0 Å². The van der Waals surface area contributed by atoms with Gasteiger partial charge < -0.3 is 0 Å². The average molecular weight is 255 g/mol. The minimum absolute atomic E-state index is 0.0496. The van der Waals surface area contributed by atoms with Crippen LogP contribution >= 0.6 is 11.3 Å². The molecule has 0 aliphatic heterocycles. The van der Waals surface area contributed by atoms with Crippen LogP contribution in [0.4, 0.5) is 5.00 Å². The number of rotatable bonds is 3. The first-order chi connectivity index (χ1) is 7.80. The van der Waals surface area contributed by atoms with Gasteiger partial charge in [0.2, 0.25) is 5.91 Å². The topological polar surface area (TPSA) is 84.6 Å². The molecule has 1 aromatic heterocycles. The number of nitrogens with zero attached hydrogens (tertiary/aromatic N) is 2. The Hall–Kier alpha value is -1.76. The van der Waals surface area contributed by atoms with Crippen molar-refractivity contribution in [2.24, 2.45) is 10.5 Å². The summed E-state index contributed by atoms with van der Waals surface area (Å²) in [7, 11) is 0. The van der Waals surface area contributed by atoms with E-state index in [9.17, 15) is 14.9 Å². The van der Waals surface area contributed by atoms with Gasteiger partial charge in [0, 0.05) is 11.5 Å². The van der Waals surface area contributed by atoms with E-state index in [4.69, 9.17) is 0 Å². The molecule has 0 aliphatic rings. The summed E-state index contributed by atoms with van der Waals surface area (Å²) < 4.78 is 0. The highest BCUT2D eigenvalue weighted by Crippen LogP contribution is 2.22. The molecule has 1 aromatic rings. The molecule has 1 amide bonds. The third-order valence-corrected chi connectivity index (χ3v) is 2.80. The SMILES string of the molecule is CC(C)(C)C(=O)N/N=C/c1ccc([N+](=O)[O-])s1. The van der Waals surface area contributed by atoms with Crippen LogP contribution in [-0.2, 0) is 4.79 Å². The van der Waals surface area contributed by atoms with Crippen LogP contribution in [0.1, 0.15) is 25.6 Å². The lowest BCUT2D eigenvalue weighted by molar-refractivity contribution is -0.380. The normalized spacial score (nSPS) is 11.7. The maximum absolute atomic E-state index is 11.4. The number of hydrazone groups is 1. The minimum Gasteiger partial charge on any atom is -0.273 e. The van der Waals surface area contributed by atoms with Crippen LogP contribution in [0.2, 0.25) is 0 Å². The van der Waals surface area contributed by atoms with Gasteiger partial charge in [-0.2, -0.15) is 5.10 Å². The molecule has 17 heavy (non-hydrogen) atoms. The van der Waals surface area contributed by atoms with Crippen molar-refractivity contribution in [2.45, 2.75) is 20.8 Å². The number of amides is 1. The third kappa shape index (κ3) is 3.95. The van der Waals surface area contributed by atoms with Crippen molar-refractivity contribution in [3.05, 3.63) is 27.1 Å². The van der Waals surface area contributed by atoms with Crippen molar-refractivity contribution in [2.75, 3.05) is 0 Å². The minimum atomic E-state index is -0.515. The summed E-state index contributed by atoms with van der Waals surface area (Å²) in [6.45, 7) is 5.31. The number of nitrogens with one attached hydrogen (secondary N) is 1. The Labute approximate surface area is 102 Å². The number of nitro groups is 1.